The Morgan fingerprint density at radius 3 is 2.71 bits per heavy atom. The van der Waals surface area contributed by atoms with Gasteiger partial charge in [-0.15, -0.1) is 0 Å². The molecular weight excluding hydrogens is 356 g/mol. The lowest BCUT2D eigenvalue weighted by molar-refractivity contribution is 0.339. The molecule has 0 aromatic carbocycles. The van der Waals surface area contributed by atoms with Crippen LogP contribution < -0.4 is 10.0 Å². The summed E-state index contributed by atoms with van der Waals surface area (Å²) in [6, 6.07) is 1.56. The van der Waals surface area contributed by atoms with Crippen molar-refractivity contribution in [2.24, 2.45) is 5.92 Å². The first-order valence-electron chi connectivity index (χ1n) is 7.45. The average Bonchev–Trinajstić information content (AvgIpc) is 2.82. The third-order valence-corrected chi connectivity index (χ3v) is 6.23. The van der Waals surface area contributed by atoms with Crippen molar-refractivity contribution >= 4 is 26.0 Å². The lowest BCUT2D eigenvalue weighted by atomic mass is 9.87. The van der Waals surface area contributed by atoms with E-state index in [1.807, 2.05) is 0 Å². The molecule has 7 heteroatoms. The smallest absolute Gasteiger partial charge is 0.244 e. The molecule has 5 nitrogen and oxygen atoms in total. The second kappa shape index (κ2) is 7.76. The van der Waals surface area contributed by atoms with Gasteiger partial charge in [-0.25, -0.2) is 13.1 Å². The van der Waals surface area contributed by atoms with Crippen LogP contribution in [0.3, 0.4) is 0 Å². The molecule has 2 rings (SSSR count). The largest absolute Gasteiger partial charge is 0.452 e. The summed E-state index contributed by atoms with van der Waals surface area (Å²) in [5.41, 5.74) is 0. The van der Waals surface area contributed by atoms with Crippen LogP contribution >= 0.6 is 15.9 Å². The Hall–Kier alpha value is -0.370. The third kappa shape index (κ3) is 4.81. The van der Waals surface area contributed by atoms with Gasteiger partial charge in [0.2, 0.25) is 10.0 Å². The molecule has 0 radical (unpaired) electrons. The van der Waals surface area contributed by atoms with Gasteiger partial charge in [0.25, 0.3) is 0 Å². The lowest BCUT2D eigenvalue weighted by Crippen LogP contribution is -2.26. The summed E-state index contributed by atoms with van der Waals surface area (Å²) in [5, 5.41) is 2.93. The number of furan rings is 1. The molecule has 0 bridgehead atoms. The van der Waals surface area contributed by atoms with Crippen molar-refractivity contribution in [2.75, 3.05) is 13.6 Å². The van der Waals surface area contributed by atoms with Gasteiger partial charge >= 0.3 is 0 Å². The number of hydrogen-bond donors (Lipinski definition) is 2. The molecule has 0 spiro atoms. The van der Waals surface area contributed by atoms with Crippen LogP contribution in [0.2, 0.25) is 0 Å². The van der Waals surface area contributed by atoms with Crippen molar-refractivity contribution in [3.63, 3.8) is 0 Å². The van der Waals surface area contributed by atoms with E-state index >= 15 is 0 Å². The van der Waals surface area contributed by atoms with E-state index in [1.165, 1.54) is 32.1 Å². The van der Waals surface area contributed by atoms with Gasteiger partial charge in [0.1, 0.15) is 10.7 Å². The van der Waals surface area contributed by atoms with Gasteiger partial charge in [0.15, 0.2) is 4.67 Å². The normalized spacial score (nSPS) is 17.2. The molecule has 120 valence electrons. The fraction of sp³-hybridized carbons (Fsp3) is 0.714. The van der Waals surface area contributed by atoms with E-state index in [0.717, 1.165) is 6.42 Å². The van der Waals surface area contributed by atoms with Crippen molar-refractivity contribution in [1.82, 2.24) is 10.0 Å². The van der Waals surface area contributed by atoms with Gasteiger partial charge in [-0.2, -0.15) is 0 Å². The molecule has 1 heterocycles. The zero-order valence-electron chi connectivity index (χ0n) is 12.3. The minimum absolute atomic E-state index is 0.177. The Balaban J connectivity index is 1.91. The molecule has 1 fully saturated rings. The molecule has 0 saturated heterocycles. The maximum atomic E-state index is 12.3. The Morgan fingerprint density at radius 2 is 2.05 bits per heavy atom. The highest BCUT2D eigenvalue weighted by molar-refractivity contribution is 9.10. The Labute approximate surface area is 135 Å². The van der Waals surface area contributed by atoms with E-state index in [4.69, 9.17) is 4.42 Å². The first kappa shape index (κ1) is 17.0. The van der Waals surface area contributed by atoms with Crippen LogP contribution in [0.25, 0.3) is 0 Å². The zero-order valence-corrected chi connectivity index (χ0v) is 14.7. The van der Waals surface area contributed by atoms with Gasteiger partial charge in [0, 0.05) is 12.6 Å². The molecule has 1 aromatic heterocycles. The standard InChI is InChI=1S/C14H23BrN2O3S/c1-16-10-12-9-13(14(15)20-12)21(18,19)17-8-7-11-5-3-2-4-6-11/h9,11,16-17H,2-8,10H2,1H3. The summed E-state index contributed by atoms with van der Waals surface area (Å²) in [7, 11) is -1.72. The van der Waals surface area contributed by atoms with Crippen LogP contribution in [0.5, 0.6) is 0 Å². The fourth-order valence-electron chi connectivity index (χ4n) is 2.79. The molecule has 0 unspecified atom stereocenters. The van der Waals surface area contributed by atoms with Crippen molar-refractivity contribution in [3.05, 3.63) is 16.5 Å². The molecule has 0 amide bonds. The first-order valence-corrected chi connectivity index (χ1v) is 9.73. The maximum absolute atomic E-state index is 12.3. The minimum atomic E-state index is -3.51. The highest BCUT2D eigenvalue weighted by atomic mass is 79.9. The SMILES string of the molecule is CNCc1cc(S(=O)(=O)NCCC2CCCCC2)c(Br)o1. The second-order valence-corrected chi connectivity index (χ2v) is 8.03. The molecule has 1 aromatic rings. The van der Waals surface area contributed by atoms with Gasteiger partial charge in [-0.1, -0.05) is 32.1 Å². The Bertz CT molecular complexity index is 551. The van der Waals surface area contributed by atoms with Crippen LogP contribution in [0.15, 0.2) is 20.0 Å². The number of nitrogens with one attached hydrogen (secondary N) is 2. The summed E-state index contributed by atoms with van der Waals surface area (Å²) < 4.78 is 32.9. The number of halogens is 1. The van der Waals surface area contributed by atoms with E-state index < -0.39 is 10.0 Å². The fourth-order valence-corrected chi connectivity index (χ4v) is 4.84. The maximum Gasteiger partial charge on any atom is 0.244 e. The van der Waals surface area contributed by atoms with Crippen molar-refractivity contribution in [1.29, 1.82) is 0 Å². The summed E-state index contributed by atoms with van der Waals surface area (Å²) in [4.78, 5) is 0.177. The van der Waals surface area contributed by atoms with E-state index in [9.17, 15) is 8.42 Å². The summed E-state index contributed by atoms with van der Waals surface area (Å²) in [5.74, 6) is 1.26. The first-order chi connectivity index (χ1) is 10.0. The highest BCUT2D eigenvalue weighted by Gasteiger charge is 2.22. The highest BCUT2D eigenvalue weighted by Crippen LogP contribution is 2.27. The van der Waals surface area contributed by atoms with Crippen LogP contribution in [-0.4, -0.2) is 22.0 Å². The molecule has 1 saturated carbocycles. The predicted molar refractivity (Wildman–Crippen MR) is 85.6 cm³/mol. The number of hydrogen-bond acceptors (Lipinski definition) is 4. The topological polar surface area (TPSA) is 71.3 Å². The predicted octanol–water partition coefficient (Wildman–Crippen LogP) is 3.01. The number of sulfonamides is 1. The minimum Gasteiger partial charge on any atom is -0.452 e. The quantitative estimate of drug-likeness (QED) is 0.764. The Kier molecular flexibility index (Phi) is 6.28. The summed E-state index contributed by atoms with van der Waals surface area (Å²) >= 11 is 3.18. The van der Waals surface area contributed by atoms with Gasteiger partial charge in [-0.3, -0.25) is 0 Å². The molecular formula is C14H23BrN2O3S. The third-order valence-electron chi connectivity index (χ3n) is 3.92. The van der Waals surface area contributed by atoms with Gasteiger partial charge < -0.3 is 9.73 Å². The zero-order chi connectivity index (χ0) is 15.3. The molecule has 2 N–H and O–H groups in total. The Morgan fingerprint density at radius 1 is 1.33 bits per heavy atom. The summed E-state index contributed by atoms with van der Waals surface area (Å²) in [6.07, 6.45) is 7.24. The van der Waals surface area contributed by atoms with Crippen LogP contribution in [-0.2, 0) is 16.6 Å². The second-order valence-electron chi connectivity index (χ2n) is 5.57. The van der Waals surface area contributed by atoms with Crippen LogP contribution in [0.4, 0.5) is 0 Å². The van der Waals surface area contributed by atoms with Crippen molar-refractivity contribution in [2.45, 2.75) is 50.0 Å². The lowest BCUT2D eigenvalue weighted by Gasteiger charge is -2.21. The van der Waals surface area contributed by atoms with Crippen LogP contribution in [0, 0.1) is 5.92 Å². The van der Waals surface area contributed by atoms with E-state index in [0.29, 0.717) is 24.8 Å². The molecule has 21 heavy (non-hydrogen) atoms. The summed E-state index contributed by atoms with van der Waals surface area (Å²) in [6.45, 7) is 0.988. The van der Waals surface area contributed by atoms with E-state index in [1.54, 1.807) is 13.1 Å². The molecule has 0 aliphatic heterocycles. The monoisotopic (exact) mass is 378 g/mol. The number of rotatable bonds is 7. The van der Waals surface area contributed by atoms with Crippen molar-refractivity contribution in [3.8, 4) is 0 Å². The molecule has 1 aliphatic carbocycles. The van der Waals surface area contributed by atoms with Gasteiger partial charge in [-0.05, 0) is 35.3 Å². The average molecular weight is 379 g/mol. The van der Waals surface area contributed by atoms with E-state index in [-0.39, 0.29) is 9.56 Å². The molecule has 1 aliphatic rings. The van der Waals surface area contributed by atoms with E-state index in [2.05, 4.69) is 26.0 Å². The van der Waals surface area contributed by atoms with Gasteiger partial charge in [0.05, 0.1) is 6.54 Å². The molecule has 0 atom stereocenters. The van der Waals surface area contributed by atoms with Crippen LogP contribution in [0.1, 0.15) is 44.3 Å². The van der Waals surface area contributed by atoms with Crippen molar-refractivity contribution < 1.29 is 12.8 Å².